The Morgan fingerprint density at radius 2 is 1.41 bits per heavy atom. The summed E-state index contributed by atoms with van der Waals surface area (Å²) < 4.78 is 0. The van der Waals surface area contributed by atoms with Gasteiger partial charge >= 0.3 is 0 Å². The minimum absolute atomic E-state index is 0.460. The molecule has 0 saturated carbocycles. The van der Waals surface area contributed by atoms with Crippen molar-refractivity contribution in [3.05, 3.63) is 0 Å². The minimum atomic E-state index is 0.460. The molecule has 0 heterocycles. The molecule has 0 amide bonds. The van der Waals surface area contributed by atoms with Crippen LogP contribution in [0.3, 0.4) is 0 Å². The lowest BCUT2D eigenvalue weighted by molar-refractivity contribution is 0.316. The quantitative estimate of drug-likeness (QED) is 0.488. The Morgan fingerprint density at radius 3 is 1.76 bits per heavy atom. The van der Waals surface area contributed by atoms with Crippen molar-refractivity contribution in [2.45, 2.75) is 90.6 Å². The summed E-state index contributed by atoms with van der Waals surface area (Å²) in [5, 5.41) is 0.460. The van der Waals surface area contributed by atoms with Gasteiger partial charge in [0.25, 0.3) is 0 Å². The molecule has 1 nitrogen and oxygen atoms in total. The van der Waals surface area contributed by atoms with Crippen LogP contribution in [0.5, 0.6) is 0 Å². The fourth-order valence-electron chi connectivity index (χ4n) is 2.68. The van der Waals surface area contributed by atoms with E-state index in [4.69, 9.17) is 5.50 Å². The second-order valence-corrected chi connectivity index (χ2v) is 6.84. The molecule has 0 saturated heterocycles. The molecule has 0 radical (unpaired) electrons. The number of hydrogen-bond acceptors (Lipinski definition) is 1. The van der Waals surface area contributed by atoms with Gasteiger partial charge in [0.1, 0.15) is 0 Å². The van der Waals surface area contributed by atoms with Gasteiger partial charge in [0.15, 0.2) is 0 Å². The van der Waals surface area contributed by atoms with Crippen LogP contribution in [0.15, 0.2) is 0 Å². The van der Waals surface area contributed by atoms with Crippen LogP contribution in [-0.4, -0.2) is 5.16 Å². The van der Waals surface area contributed by atoms with E-state index in [1.807, 2.05) is 0 Å². The largest absolute Gasteiger partial charge is 0.312 e. The summed E-state index contributed by atoms with van der Waals surface area (Å²) in [6.07, 6.45) is 12.1. The number of hydrogen-bond donors (Lipinski definition) is 1. The maximum atomic E-state index is 6.19. The molecule has 0 aromatic rings. The molecular formula is C15H34NP. The predicted octanol–water partition coefficient (Wildman–Crippen LogP) is 5.48. The highest BCUT2D eigenvalue weighted by Gasteiger charge is 2.33. The summed E-state index contributed by atoms with van der Waals surface area (Å²) in [7, 11) is 0.630. The van der Waals surface area contributed by atoms with E-state index >= 15 is 0 Å². The van der Waals surface area contributed by atoms with Crippen molar-refractivity contribution in [1.82, 2.24) is 0 Å². The summed E-state index contributed by atoms with van der Waals surface area (Å²) in [5.41, 5.74) is 6.19. The average molecular weight is 259 g/mol. The Bertz CT molecular complexity index is 162. The van der Waals surface area contributed by atoms with Crippen LogP contribution in [0.4, 0.5) is 0 Å². The number of nitrogens with two attached hydrogens (primary N) is 1. The van der Waals surface area contributed by atoms with Gasteiger partial charge < -0.3 is 5.50 Å². The van der Waals surface area contributed by atoms with Crippen LogP contribution in [0.2, 0.25) is 0 Å². The smallest absolute Gasteiger partial charge is 0.00317 e. The molecule has 2 N–H and O–H groups in total. The van der Waals surface area contributed by atoms with E-state index in [0.717, 1.165) is 5.92 Å². The lowest BCUT2D eigenvalue weighted by Gasteiger charge is -2.39. The Hall–Kier alpha value is 0.390. The highest BCUT2D eigenvalue weighted by molar-refractivity contribution is 7.37. The van der Waals surface area contributed by atoms with Crippen LogP contribution in [0.25, 0.3) is 0 Å². The highest BCUT2D eigenvalue weighted by Crippen LogP contribution is 2.44. The monoisotopic (exact) mass is 259 g/mol. The first-order chi connectivity index (χ1) is 8.16. The van der Waals surface area contributed by atoms with Gasteiger partial charge in [-0.05, 0) is 25.2 Å². The van der Waals surface area contributed by atoms with Crippen LogP contribution in [0, 0.1) is 5.92 Å². The molecule has 2 unspecified atom stereocenters. The third-order valence-corrected chi connectivity index (χ3v) is 5.74. The molecule has 0 aromatic heterocycles. The zero-order valence-corrected chi connectivity index (χ0v) is 13.5. The first-order valence-corrected chi connectivity index (χ1v) is 8.72. The lowest BCUT2D eigenvalue weighted by atomic mass is 9.81. The van der Waals surface area contributed by atoms with Crippen LogP contribution < -0.4 is 5.50 Å². The normalized spacial score (nSPS) is 14.6. The predicted molar refractivity (Wildman–Crippen MR) is 83.0 cm³/mol. The van der Waals surface area contributed by atoms with Crippen molar-refractivity contribution in [3.63, 3.8) is 0 Å². The van der Waals surface area contributed by atoms with E-state index in [-0.39, 0.29) is 0 Å². The zero-order chi connectivity index (χ0) is 13.1. The fraction of sp³-hybridized carbons (Fsp3) is 1.00. The maximum Gasteiger partial charge on any atom is 0.00317 e. The van der Waals surface area contributed by atoms with E-state index < -0.39 is 0 Å². The Kier molecular flexibility index (Phi) is 10.6. The molecule has 0 rings (SSSR count). The van der Waals surface area contributed by atoms with Crippen molar-refractivity contribution in [3.8, 4) is 0 Å². The molecule has 0 aliphatic carbocycles. The second-order valence-electron chi connectivity index (χ2n) is 5.55. The van der Waals surface area contributed by atoms with Crippen molar-refractivity contribution < 1.29 is 0 Å². The summed E-state index contributed by atoms with van der Waals surface area (Å²) in [5.74, 6) is 0.809. The Morgan fingerprint density at radius 1 is 0.941 bits per heavy atom. The zero-order valence-electron chi connectivity index (χ0n) is 12.5. The molecule has 2 heteroatoms. The molecule has 0 fully saturated rings. The molecule has 2 atom stereocenters. The van der Waals surface area contributed by atoms with E-state index in [9.17, 15) is 0 Å². The van der Waals surface area contributed by atoms with Gasteiger partial charge in [0, 0.05) is 5.16 Å². The molecule has 0 bridgehead atoms. The van der Waals surface area contributed by atoms with E-state index in [0.29, 0.717) is 13.9 Å². The fourth-order valence-corrected chi connectivity index (χ4v) is 3.75. The van der Waals surface area contributed by atoms with Crippen molar-refractivity contribution in [2.24, 2.45) is 11.4 Å². The van der Waals surface area contributed by atoms with Gasteiger partial charge in [-0.2, -0.15) is 0 Å². The standard InChI is InChI=1S/C15H34NP/c1-5-8-11-14(4)15(17-16,12-9-6-2)13-10-7-3/h14,17H,5-13,16H2,1-4H3. The van der Waals surface area contributed by atoms with Crippen molar-refractivity contribution in [1.29, 1.82) is 0 Å². The molecular weight excluding hydrogens is 225 g/mol. The van der Waals surface area contributed by atoms with Crippen molar-refractivity contribution >= 4 is 8.73 Å². The van der Waals surface area contributed by atoms with Gasteiger partial charge in [0.05, 0.1) is 0 Å². The van der Waals surface area contributed by atoms with Gasteiger partial charge in [-0.25, -0.2) is 0 Å². The molecule has 17 heavy (non-hydrogen) atoms. The number of unbranched alkanes of at least 4 members (excludes halogenated alkanes) is 3. The molecule has 0 aliphatic rings. The molecule has 0 aliphatic heterocycles. The van der Waals surface area contributed by atoms with E-state index in [1.54, 1.807) is 0 Å². The summed E-state index contributed by atoms with van der Waals surface area (Å²) in [4.78, 5) is 0. The SMILES string of the molecule is CCCCC(C)C(CCCC)(CCCC)PN. The van der Waals surface area contributed by atoms with Gasteiger partial charge in [-0.15, -0.1) is 0 Å². The second kappa shape index (κ2) is 10.3. The Labute approximate surface area is 111 Å². The topological polar surface area (TPSA) is 26.0 Å². The first-order valence-electron chi connectivity index (χ1n) is 7.64. The first kappa shape index (κ1) is 17.4. The van der Waals surface area contributed by atoms with Gasteiger partial charge in [0.2, 0.25) is 0 Å². The molecule has 0 aromatic carbocycles. The van der Waals surface area contributed by atoms with E-state index in [2.05, 4.69) is 27.7 Å². The Balaban J connectivity index is 4.50. The van der Waals surface area contributed by atoms with Gasteiger partial charge in [-0.3, -0.25) is 0 Å². The summed E-state index contributed by atoms with van der Waals surface area (Å²) >= 11 is 0. The van der Waals surface area contributed by atoms with Crippen LogP contribution in [-0.2, 0) is 0 Å². The maximum absolute atomic E-state index is 6.19. The lowest BCUT2D eigenvalue weighted by Crippen LogP contribution is -2.33. The van der Waals surface area contributed by atoms with E-state index in [1.165, 1.54) is 57.8 Å². The van der Waals surface area contributed by atoms with Crippen LogP contribution in [0.1, 0.15) is 85.5 Å². The van der Waals surface area contributed by atoms with Gasteiger partial charge in [-0.1, -0.05) is 75.0 Å². The summed E-state index contributed by atoms with van der Waals surface area (Å²) in [6, 6.07) is 0. The van der Waals surface area contributed by atoms with Crippen molar-refractivity contribution in [2.75, 3.05) is 0 Å². The third kappa shape index (κ3) is 6.20. The third-order valence-electron chi connectivity index (χ3n) is 4.17. The molecule has 104 valence electrons. The van der Waals surface area contributed by atoms with Crippen LogP contribution >= 0.6 is 8.73 Å². The number of rotatable bonds is 11. The minimum Gasteiger partial charge on any atom is -0.312 e. The average Bonchev–Trinajstić information content (AvgIpc) is 2.37. The highest BCUT2D eigenvalue weighted by atomic mass is 31.1. The molecule has 0 spiro atoms. The summed E-state index contributed by atoms with van der Waals surface area (Å²) in [6.45, 7) is 9.32.